The van der Waals surface area contributed by atoms with Gasteiger partial charge in [0.05, 0.1) is 6.42 Å². The van der Waals surface area contributed by atoms with Crippen molar-refractivity contribution in [3.05, 3.63) is 65.5 Å². The summed E-state index contributed by atoms with van der Waals surface area (Å²) in [6, 6.07) is 13.1. The van der Waals surface area contributed by atoms with Crippen molar-refractivity contribution in [1.29, 1.82) is 0 Å². The van der Waals surface area contributed by atoms with E-state index in [2.05, 4.69) is 10.3 Å². The lowest BCUT2D eigenvalue weighted by molar-refractivity contribution is -0.115. The number of primary amides is 1. The Morgan fingerprint density at radius 3 is 2.77 bits per heavy atom. The largest absolute Gasteiger partial charge is 0.449 e. The molecule has 2 amide bonds. The van der Waals surface area contributed by atoms with Crippen molar-refractivity contribution < 1.29 is 14.0 Å². The number of nitrogens with one attached hydrogen (secondary N) is 2. The van der Waals surface area contributed by atoms with E-state index in [0.717, 1.165) is 22.0 Å². The van der Waals surface area contributed by atoms with E-state index in [4.69, 9.17) is 10.2 Å². The first kappa shape index (κ1) is 16.0. The highest BCUT2D eigenvalue weighted by atomic mass is 16.3. The molecule has 4 rings (SSSR count). The summed E-state index contributed by atoms with van der Waals surface area (Å²) >= 11 is 0. The Hall–Kier alpha value is -3.54. The molecule has 0 atom stereocenters. The molecule has 0 aliphatic heterocycles. The van der Waals surface area contributed by atoms with Crippen molar-refractivity contribution in [3.8, 4) is 0 Å². The maximum Gasteiger partial charge on any atom is 0.286 e. The van der Waals surface area contributed by atoms with Gasteiger partial charge in [0, 0.05) is 22.5 Å². The molecule has 0 fully saturated rings. The number of carbonyl (C=O) groups is 2. The molecule has 0 radical (unpaired) electrons. The maximum atomic E-state index is 12.6. The number of para-hydroxylation sites is 1. The number of nitrogens with two attached hydrogens (primary N) is 1. The molecule has 0 spiro atoms. The summed E-state index contributed by atoms with van der Waals surface area (Å²) in [5.74, 6) is -1.02. The van der Waals surface area contributed by atoms with Gasteiger partial charge in [-0.1, -0.05) is 24.3 Å². The van der Waals surface area contributed by atoms with Crippen LogP contribution in [0.2, 0.25) is 0 Å². The number of aromatic nitrogens is 1. The third-order valence-electron chi connectivity index (χ3n) is 4.36. The number of rotatable bonds is 4. The Labute approximate surface area is 149 Å². The minimum Gasteiger partial charge on any atom is -0.449 e. The topological polar surface area (TPSA) is 101 Å². The third-order valence-corrected chi connectivity index (χ3v) is 4.36. The van der Waals surface area contributed by atoms with E-state index in [1.165, 1.54) is 0 Å². The number of aryl methyl sites for hydroxylation is 1. The predicted octanol–water partition coefficient (Wildman–Crippen LogP) is 3.50. The minimum atomic E-state index is -0.723. The minimum absolute atomic E-state index is 0.0471. The van der Waals surface area contributed by atoms with E-state index in [1.807, 2.05) is 31.3 Å². The summed E-state index contributed by atoms with van der Waals surface area (Å²) in [5, 5.41) is 4.42. The number of anilines is 1. The van der Waals surface area contributed by atoms with Gasteiger partial charge in [-0.2, -0.15) is 0 Å². The Balaban J connectivity index is 1.65. The maximum absolute atomic E-state index is 12.6. The van der Waals surface area contributed by atoms with Gasteiger partial charge >= 0.3 is 0 Å². The van der Waals surface area contributed by atoms with Gasteiger partial charge in [-0.15, -0.1) is 0 Å². The number of H-pyrrole nitrogens is 1. The van der Waals surface area contributed by atoms with Crippen LogP contribution in [0.25, 0.3) is 21.9 Å². The van der Waals surface area contributed by atoms with Crippen LogP contribution in [0.3, 0.4) is 0 Å². The third kappa shape index (κ3) is 2.71. The molecule has 6 nitrogen and oxygen atoms in total. The number of hydrogen-bond acceptors (Lipinski definition) is 3. The van der Waals surface area contributed by atoms with Gasteiger partial charge in [-0.25, -0.2) is 0 Å². The van der Waals surface area contributed by atoms with Crippen LogP contribution < -0.4 is 11.1 Å². The molecule has 4 aromatic rings. The second-order valence-corrected chi connectivity index (χ2v) is 6.25. The highest BCUT2D eigenvalue weighted by Crippen LogP contribution is 2.31. The van der Waals surface area contributed by atoms with Gasteiger partial charge in [-0.05, 0) is 36.2 Å². The van der Waals surface area contributed by atoms with Crippen molar-refractivity contribution in [2.24, 2.45) is 5.73 Å². The van der Waals surface area contributed by atoms with Crippen LogP contribution in [0.1, 0.15) is 21.7 Å². The van der Waals surface area contributed by atoms with E-state index in [0.29, 0.717) is 16.7 Å². The molecule has 0 bridgehead atoms. The van der Waals surface area contributed by atoms with Crippen molar-refractivity contribution >= 4 is 39.4 Å². The van der Waals surface area contributed by atoms with Crippen LogP contribution >= 0.6 is 0 Å². The molecule has 0 aliphatic carbocycles. The molecular formula is C20H17N3O3. The highest BCUT2D eigenvalue weighted by molar-refractivity contribution is 6.11. The van der Waals surface area contributed by atoms with Gasteiger partial charge in [0.1, 0.15) is 11.3 Å². The molecule has 0 saturated carbocycles. The zero-order chi connectivity index (χ0) is 18.3. The molecule has 6 heteroatoms. The first-order chi connectivity index (χ1) is 12.5. The van der Waals surface area contributed by atoms with E-state index in [1.54, 1.807) is 24.3 Å². The number of benzene rings is 2. The fraction of sp³-hybridized carbons (Fsp3) is 0.100. The predicted molar refractivity (Wildman–Crippen MR) is 100 cm³/mol. The number of furan rings is 1. The molecular weight excluding hydrogens is 330 g/mol. The van der Waals surface area contributed by atoms with E-state index >= 15 is 0 Å². The van der Waals surface area contributed by atoms with Crippen LogP contribution in [-0.4, -0.2) is 16.8 Å². The lowest BCUT2D eigenvalue weighted by atomic mass is 10.1. The molecule has 0 aliphatic rings. The highest BCUT2D eigenvalue weighted by Gasteiger charge is 2.20. The molecule has 2 aromatic carbocycles. The zero-order valence-electron chi connectivity index (χ0n) is 14.1. The van der Waals surface area contributed by atoms with Crippen molar-refractivity contribution in [3.63, 3.8) is 0 Å². The van der Waals surface area contributed by atoms with Gasteiger partial charge in [0.2, 0.25) is 11.7 Å². The van der Waals surface area contributed by atoms with Crippen LogP contribution in [0.15, 0.2) is 53.1 Å². The van der Waals surface area contributed by atoms with Crippen LogP contribution in [0, 0.1) is 6.92 Å². The monoisotopic (exact) mass is 347 g/mol. The van der Waals surface area contributed by atoms with E-state index in [-0.39, 0.29) is 18.1 Å². The molecule has 26 heavy (non-hydrogen) atoms. The quantitative estimate of drug-likeness (QED) is 0.526. The molecule has 0 saturated heterocycles. The number of amides is 2. The average molecular weight is 347 g/mol. The SMILES string of the molecule is Cc1ccc2c(CC(=O)Nc3c(C(N)=O)oc4ccccc34)c[nH]c2c1. The van der Waals surface area contributed by atoms with E-state index in [9.17, 15) is 9.59 Å². The lowest BCUT2D eigenvalue weighted by Gasteiger charge is -2.05. The zero-order valence-corrected chi connectivity index (χ0v) is 14.1. The first-order valence-electron chi connectivity index (χ1n) is 8.21. The van der Waals surface area contributed by atoms with Gasteiger partial charge in [-0.3, -0.25) is 9.59 Å². The Kier molecular flexibility index (Phi) is 3.73. The fourth-order valence-corrected chi connectivity index (χ4v) is 3.15. The summed E-state index contributed by atoms with van der Waals surface area (Å²) in [6.45, 7) is 2.02. The summed E-state index contributed by atoms with van der Waals surface area (Å²) in [5.41, 5.74) is 9.21. The molecule has 130 valence electrons. The van der Waals surface area contributed by atoms with E-state index < -0.39 is 5.91 Å². The van der Waals surface area contributed by atoms with Gasteiger partial charge in [0.25, 0.3) is 5.91 Å². The molecule has 2 heterocycles. The summed E-state index contributed by atoms with van der Waals surface area (Å²) in [4.78, 5) is 27.4. The Morgan fingerprint density at radius 1 is 1.15 bits per heavy atom. The summed E-state index contributed by atoms with van der Waals surface area (Å²) in [6.07, 6.45) is 1.99. The summed E-state index contributed by atoms with van der Waals surface area (Å²) in [7, 11) is 0. The van der Waals surface area contributed by atoms with Crippen LogP contribution in [0.4, 0.5) is 5.69 Å². The average Bonchev–Trinajstić information content (AvgIpc) is 3.17. The van der Waals surface area contributed by atoms with Crippen molar-refractivity contribution in [1.82, 2.24) is 4.98 Å². The number of carbonyl (C=O) groups excluding carboxylic acids is 2. The van der Waals surface area contributed by atoms with Crippen LogP contribution in [0.5, 0.6) is 0 Å². The fourth-order valence-electron chi connectivity index (χ4n) is 3.15. The van der Waals surface area contributed by atoms with Crippen molar-refractivity contribution in [2.75, 3.05) is 5.32 Å². The number of hydrogen-bond donors (Lipinski definition) is 3. The Bertz CT molecular complexity index is 1150. The van der Waals surface area contributed by atoms with Crippen LogP contribution in [-0.2, 0) is 11.2 Å². The second kappa shape index (κ2) is 6.07. The lowest BCUT2D eigenvalue weighted by Crippen LogP contribution is -2.18. The molecule has 2 aromatic heterocycles. The standard InChI is InChI=1S/C20H17N3O3/c1-11-6-7-13-12(10-22-15(13)8-11)9-17(24)23-18-14-4-2-3-5-16(14)26-19(18)20(21)25/h2-8,10,22H,9H2,1H3,(H2,21,25)(H,23,24). The van der Waals surface area contributed by atoms with Gasteiger partial charge < -0.3 is 20.5 Å². The second-order valence-electron chi connectivity index (χ2n) is 6.25. The Morgan fingerprint density at radius 2 is 1.96 bits per heavy atom. The van der Waals surface area contributed by atoms with Crippen molar-refractivity contribution in [2.45, 2.75) is 13.3 Å². The summed E-state index contributed by atoms with van der Waals surface area (Å²) < 4.78 is 5.48. The molecule has 4 N–H and O–H groups in total. The van der Waals surface area contributed by atoms with Gasteiger partial charge in [0.15, 0.2) is 0 Å². The smallest absolute Gasteiger partial charge is 0.286 e. The first-order valence-corrected chi connectivity index (χ1v) is 8.21. The normalized spacial score (nSPS) is 11.1. The molecule has 0 unspecified atom stereocenters. The number of aromatic amines is 1. The number of fused-ring (bicyclic) bond motifs is 2.